The van der Waals surface area contributed by atoms with E-state index >= 15 is 0 Å². The number of carbonyl (C=O) groups excluding carboxylic acids is 1. The number of amides is 2. The SMILES string of the molecule is Cc1cc(NC(=O)NCCN2CCC(OS(=O)(=O)c3sc4ccc(Cl)cc4c3C)CC2)c2ccccc2n1. The number of thiophene rings is 1. The minimum absolute atomic E-state index is 0.240. The molecule has 11 heteroatoms. The summed E-state index contributed by atoms with van der Waals surface area (Å²) in [4.78, 5) is 19.2. The summed E-state index contributed by atoms with van der Waals surface area (Å²) in [5.41, 5.74) is 3.06. The van der Waals surface area contributed by atoms with Crippen molar-refractivity contribution in [3.8, 4) is 0 Å². The predicted octanol–water partition coefficient (Wildman–Crippen LogP) is 5.71. The summed E-state index contributed by atoms with van der Waals surface area (Å²) in [6.07, 6.45) is 0.830. The molecule has 0 atom stereocenters. The Labute approximate surface area is 231 Å². The lowest BCUT2D eigenvalue weighted by Gasteiger charge is -2.31. The van der Waals surface area contributed by atoms with Crippen molar-refractivity contribution in [2.75, 3.05) is 31.5 Å². The van der Waals surface area contributed by atoms with Crippen LogP contribution in [0.15, 0.2) is 52.7 Å². The Hall–Kier alpha value is -2.76. The summed E-state index contributed by atoms with van der Waals surface area (Å²) in [5, 5.41) is 8.13. The third-order valence-electron chi connectivity index (χ3n) is 6.68. The molecule has 1 aliphatic heterocycles. The van der Waals surface area contributed by atoms with Crippen molar-refractivity contribution in [1.29, 1.82) is 0 Å². The van der Waals surface area contributed by atoms with Crippen LogP contribution in [-0.2, 0) is 14.3 Å². The molecule has 38 heavy (non-hydrogen) atoms. The average Bonchev–Trinajstić information content (AvgIpc) is 3.21. The number of rotatable bonds is 7. The normalized spacial score (nSPS) is 15.2. The van der Waals surface area contributed by atoms with Gasteiger partial charge in [0.1, 0.15) is 0 Å². The number of nitrogens with one attached hydrogen (secondary N) is 2. The maximum Gasteiger partial charge on any atom is 0.319 e. The van der Waals surface area contributed by atoms with Gasteiger partial charge >= 0.3 is 16.1 Å². The molecule has 1 aliphatic rings. The Morgan fingerprint density at radius 3 is 2.68 bits per heavy atom. The molecule has 1 saturated heterocycles. The lowest BCUT2D eigenvalue weighted by atomic mass is 10.1. The fourth-order valence-electron chi connectivity index (χ4n) is 4.77. The lowest BCUT2D eigenvalue weighted by Crippen LogP contribution is -2.42. The number of anilines is 1. The zero-order chi connectivity index (χ0) is 26.9. The standard InChI is InChI=1S/C27H29ClN4O4S2/c1-17-15-24(21-5-3-4-6-23(21)30-17)31-27(33)29-11-14-32-12-9-20(10-13-32)36-38(34,35)26-18(2)22-16-19(28)7-8-25(22)37-26/h3-8,15-16,20H,9-14H2,1-2H3,(H2,29,30,31,33). The quantitative estimate of drug-likeness (QED) is 0.275. The highest BCUT2D eigenvalue weighted by atomic mass is 35.5. The van der Waals surface area contributed by atoms with Crippen LogP contribution in [0, 0.1) is 13.8 Å². The van der Waals surface area contributed by atoms with E-state index in [-0.39, 0.29) is 16.3 Å². The number of carbonyl (C=O) groups is 1. The van der Waals surface area contributed by atoms with E-state index < -0.39 is 10.1 Å². The molecular weight excluding hydrogens is 544 g/mol. The Bertz CT molecular complexity index is 1600. The van der Waals surface area contributed by atoms with E-state index in [4.69, 9.17) is 15.8 Å². The van der Waals surface area contributed by atoms with E-state index in [1.54, 1.807) is 19.1 Å². The second kappa shape index (κ2) is 11.2. The molecule has 0 unspecified atom stereocenters. The van der Waals surface area contributed by atoms with Crippen molar-refractivity contribution in [3.63, 3.8) is 0 Å². The molecule has 0 spiro atoms. The highest BCUT2D eigenvalue weighted by molar-refractivity contribution is 7.89. The zero-order valence-corrected chi connectivity index (χ0v) is 23.5. The van der Waals surface area contributed by atoms with Crippen LogP contribution < -0.4 is 10.6 Å². The number of pyridine rings is 1. The molecule has 1 fully saturated rings. The molecule has 0 aliphatic carbocycles. The monoisotopic (exact) mass is 572 g/mol. The second-order valence-corrected chi connectivity index (χ2v) is 12.7. The highest BCUT2D eigenvalue weighted by Gasteiger charge is 2.29. The van der Waals surface area contributed by atoms with Gasteiger partial charge in [-0.15, -0.1) is 11.3 Å². The van der Waals surface area contributed by atoms with Gasteiger partial charge in [-0.25, -0.2) is 4.79 Å². The van der Waals surface area contributed by atoms with Gasteiger partial charge in [-0.05, 0) is 68.0 Å². The number of hydrogen-bond acceptors (Lipinski definition) is 7. The third-order valence-corrected chi connectivity index (χ3v) is 10.1. The lowest BCUT2D eigenvalue weighted by molar-refractivity contribution is 0.106. The Balaban J connectivity index is 1.10. The van der Waals surface area contributed by atoms with E-state index in [1.165, 1.54) is 11.3 Å². The number of aromatic nitrogens is 1. The number of benzene rings is 2. The fraction of sp³-hybridized carbons (Fsp3) is 0.333. The summed E-state index contributed by atoms with van der Waals surface area (Å²) in [6.45, 7) is 6.21. The molecule has 200 valence electrons. The number of urea groups is 1. The van der Waals surface area contributed by atoms with Crippen molar-refractivity contribution in [1.82, 2.24) is 15.2 Å². The second-order valence-electron chi connectivity index (χ2n) is 9.46. The van der Waals surface area contributed by atoms with E-state index in [9.17, 15) is 13.2 Å². The molecule has 0 saturated carbocycles. The number of aryl methyl sites for hydroxylation is 2. The first-order valence-electron chi connectivity index (χ1n) is 12.4. The summed E-state index contributed by atoms with van der Waals surface area (Å²) < 4.78 is 32.8. The number of nitrogens with zero attached hydrogens (tertiary/aromatic N) is 2. The van der Waals surface area contributed by atoms with Crippen LogP contribution in [0.25, 0.3) is 21.0 Å². The van der Waals surface area contributed by atoms with E-state index in [2.05, 4.69) is 20.5 Å². The summed E-state index contributed by atoms with van der Waals surface area (Å²) in [5.74, 6) is 0. The molecule has 2 amide bonds. The largest absolute Gasteiger partial charge is 0.337 e. The molecule has 2 aromatic heterocycles. The number of hydrogen-bond donors (Lipinski definition) is 2. The highest BCUT2D eigenvalue weighted by Crippen LogP contribution is 2.37. The van der Waals surface area contributed by atoms with Gasteiger partial charge in [-0.2, -0.15) is 8.42 Å². The summed E-state index contributed by atoms with van der Waals surface area (Å²) >= 11 is 7.30. The summed E-state index contributed by atoms with van der Waals surface area (Å²) in [6, 6.07) is 14.7. The van der Waals surface area contributed by atoms with Crippen molar-refractivity contribution in [2.45, 2.75) is 37.0 Å². The molecule has 3 heterocycles. The van der Waals surface area contributed by atoms with Gasteiger partial charge in [0.2, 0.25) is 0 Å². The van der Waals surface area contributed by atoms with Gasteiger partial charge in [0.15, 0.2) is 4.21 Å². The maximum atomic E-state index is 13.0. The summed E-state index contributed by atoms with van der Waals surface area (Å²) in [7, 11) is -3.87. The smallest absolute Gasteiger partial charge is 0.319 e. The van der Waals surface area contributed by atoms with E-state index in [0.717, 1.165) is 32.4 Å². The Kier molecular flexibility index (Phi) is 7.88. The van der Waals surface area contributed by atoms with Crippen LogP contribution in [0.3, 0.4) is 0 Å². The van der Waals surface area contributed by atoms with Crippen LogP contribution >= 0.6 is 22.9 Å². The Morgan fingerprint density at radius 1 is 1.13 bits per heavy atom. The zero-order valence-electron chi connectivity index (χ0n) is 21.2. The number of fused-ring (bicyclic) bond motifs is 2. The topological polar surface area (TPSA) is 101 Å². The van der Waals surface area contributed by atoms with Crippen molar-refractivity contribution in [2.24, 2.45) is 0 Å². The minimum atomic E-state index is -3.87. The van der Waals surface area contributed by atoms with Crippen molar-refractivity contribution >= 4 is 65.8 Å². The van der Waals surface area contributed by atoms with Crippen LogP contribution in [-0.4, -0.2) is 56.6 Å². The number of halogens is 1. The first-order valence-corrected chi connectivity index (χ1v) is 15.1. The van der Waals surface area contributed by atoms with Crippen LogP contribution in [0.4, 0.5) is 10.5 Å². The number of likely N-dealkylation sites (tertiary alicyclic amines) is 1. The van der Waals surface area contributed by atoms with Crippen molar-refractivity contribution in [3.05, 3.63) is 64.8 Å². The van der Waals surface area contributed by atoms with Gasteiger partial charge < -0.3 is 15.5 Å². The Morgan fingerprint density at radius 2 is 1.89 bits per heavy atom. The van der Waals surface area contributed by atoms with Crippen LogP contribution in [0.2, 0.25) is 5.02 Å². The first kappa shape index (κ1) is 26.8. The molecule has 5 rings (SSSR count). The molecule has 4 aromatic rings. The van der Waals surface area contributed by atoms with Gasteiger partial charge in [0.25, 0.3) is 0 Å². The van der Waals surface area contributed by atoms with Gasteiger partial charge in [-0.1, -0.05) is 29.8 Å². The van der Waals surface area contributed by atoms with E-state index in [1.807, 2.05) is 43.3 Å². The molecule has 0 radical (unpaired) electrons. The molecule has 0 bridgehead atoms. The predicted molar refractivity (Wildman–Crippen MR) is 153 cm³/mol. The van der Waals surface area contributed by atoms with Gasteiger partial charge in [0.05, 0.1) is 17.3 Å². The molecular formula is C27H29ClN4O4S2. The first-order chi connectivity index (χ1) is 18.2. The molecule has 2 aromatic carbocycles. The van der Waals surface area contributed by atoms with Gasteiger partial charge in [-0.3, -0.25) is 9.17 Å². The molecule has 8 nitrogen and oxygen atoms in total. The van der Waals surface area contributed by atoms with E-state index in [0.29, 0.717) is 49.6 Å². The van der Waals surface area contributed by atoms with Crippen molar-refractivity contribution < 1.29 is 17.4 Å². The van der Waals surface area contributed by atoms with Gasteiger partial charge in [0, 0.05) is 47.0 Å². The number of para-hydroxylation sites is 1. The van der Waals surface area contributed by atoms with Crippen LogP contribution in [0.1, 0.15) is 24.1 Å². The minimum Gasteiger partial charge on any atom is -0.337 e. The molecule has 2 N–H and O–H groups in total. The third kappa shape index (κ3) is 5.94. The van der Waals surface area contributed by atoms with Crippen LogP contribution in [0.5, 0.6) is 0 Å². The number of piperidine rings is 1. The maximum absolute atomic E-state index is 13.0. The fourth-order valence-corrected chi connectivity index (χ4v) is 7.78. The average molecular weight is 573 g/mol.